The molecule has 3 aromatic rings. The quantitative estimate of drug-likeness (QED) is 0.567. The molecule has 0 aliphatic rings. The topological polar surface area (TPSA) is 95.1 Å². The van der Waals surface area contributed by atoms with Gasteiger partial charge in [0.05, 0.1) is 25.8 Å². The van der Waals surface area contributed by atoms with Crippen molar-refractivity contribution in [3.63, 3.8) is 0 Å². The molecule has 3 rings (SSSR count). The summed E-state index contributed by atoms with van der Waals surface area (Å²) in [5.41, 5.74) is -0.00375. The van der Waals surface area contributed by atoms with Gasteiger partial charge >= 0.3 is 0 Å². The highest BCUT2D eigenvalue weighted by molar-refractivity contribution is 5.85. The average Bonchev–Trinajstić information content (AvgIpc) is 2.82. The van der Waals surface area contributed by atoms with Crippen molar-refractivity contribution < 1.29 is 19.7 Å². The molecular formula is C25H24N2O4. The Kier molecular flexibility index (Phi) is 6.58. The lowest BCUT2D eigenvalue weighted by atomic mass is 9.80. The molecule has 1 atom stereocenters. The van der Waals surface area contributed by atoms with Gasteiger partial charge in [0.25, 0.3) is 0 Å². The number of benzene rings is 3. The van der Waals surface area contributed by atoms with Crippen molar-refractivity contribution in [1.29, 1.82) is 5.26 Å². The molecule has 31 heavy (non-hydrogen) atoms. The Labute approximate surface area is 181 Å². The molecule has 158 valence electrons. The van der Waals surface area contributed by atoms with Crippen molar-refractivity contribution in [1.82, 2.24) is 0 Å². The lowest BCUT2D eigenvalue weighted by Crippen LogP contribution is -2.38. The zero-order valence-corrected chi connectivity index (χ0v) is 17.6. The lowest BCUT2D eigenvalue weighted by molar-refractivity contribution is 0.0538. The van der Waals surface area contributed by atoms with Crippen LogP contribution in [0.25, 0.3) is 0 Å². The SMILES string of the molecule is COc1ccccc1C(O)(c1ccccc1OC)[C@@H](C)N=Cc1cccc(C#N)c1O. The molecule has 0 unspecified atom stereocenters. The highest BCUT2D eigenvalue weighted by Gasteiger charge is 2.42. The molecule has 0 heterocycles. The first-order chi connectivity index (χ1) is 15.0. The highest BCUT2D eigenvalue weighted by atomic mass is 16.5. The first-order valence-corrected chi connectivity index (χ1v) is 9.72. The van der Waals surface area contributed by atoms with Gasteiger partial charge in [0, 0.05) is 22.9 Å². The summed E-state index contributed by atoms with van der Waals surface area (Å²) in [6, 6.07) is 20.5. The van der Waals surface area contributed by atoms with Crippen LogP contribution in [0.2, 0.25) is 0 Å². The molecule has 2 N–H and O–H groups in total. The van der Waals surface area contributed by atoms with E-state index in [1.165, 1.54) is 12.3 Å². The maximum atomic E-state index is 12.1. The van der Waals surface area contributed by atoms with Crippen molar-refractivity contribution in [2.45, 2.75) is 18.6 Å². The summed E-state index contributed by atoms with van der Waals surface area (Å²) in [7, 11) is 3.08. The summed E-state index contributed by atoms with van der Waals surface area (Å²) in [6.07, 6.45) is 1.46. The Morgan fingerprint density at radius 1 is 0.935 bits per heavy atom. The van der Waals surface area contributed by atoms with Crippen LogP contribution in [0.3, 0.4) is 0 Å². The van der Waals surface area contributed by atoms with Crippen molar-refractivity contribution in [3.8, 4) is 23.3 Å². The van der Waals surface area contributed by atoms with Gasteiger partial charge in [0.1, 0.15) is 28.9 Å². The van der Waals surface area contributed by atoms with Crippen molar-refractivity contribution in [3.05, 3.63) is 89.0 Å². The molecule has 0 aliphatic carbocycles. The Hall–Kier alpha value is -3.82. The van der Waals surface area contributed by atoms with Gasteiger partial charge in [-0.2, -0.15) is 5.26 Å². The van der Waals surface area contributed by atoms with E-state index in [0.29, 0.717) is 28.2 Å². The van der Waals surface area contributed by atoms with Crippen LogP contribution >= 0.6 is 0 Å². The minimum Gasteiger partial charge on any atom is -0.506 e. The summed E-state index contributed by atoms with van der Waals surface area (Å²) in [4.78, 5) is 4.55. The van der Waals surface area contributed by atoms with Crippen LogP contribution in [0.5, 0.6) is 17.2 Å². The maximum Gasteiger partial charge on any atom is 0.144 e. The summed E-state index contributed by atoms with van der Waals surface area (Å²) in [5, 5.41) is 31.5. The number of hydrogen-bond donors (Lipinski definition) is 2. The van der Waals surface area contributed by atoms with Gasteiger partial charge in [-0.1, -0.05) is 42.5 Å². The van der Waals surface area contributed by atoms with Crippen LogP contribution in [0.15, 0.2) is 71.7 Å². The number of nitriles is 1. The minimum absolute atomic E-state index is 0.154. The summed E-state index contributed by atoms with van der Waals surface area (Å²) >= 11 is 0. The van der Waals surface area contributed by atoms with E-state index < -0.39 is 11.6 Å². The molecule has 0 aromatic heterocycles. The third kappa shape index (κ3) is 4.09. The number of phenols is 1. The Balaban J connectivity index is 2.16. The fraction of sp³-hybridized carbons (Fsp3) is 0.200. The van der Waals surface area contributed by atoms with E-state index in [2.05, 4.69) is 4.99 Å². The number of ether oxygens (including phenoxy) is 2. The van der Waals surface area contributed by atoms with Crippen LogP contribution < -0.4 is 9.47 Å². The number of phenolic OH excluding ortho intramolecular Hbond substituents is 1. The van der Waals surface area contributed by atoms with Crippen LogP contribution in [-0.4, -0.2) is 36.7 Å². The number of nitrogens with zero attached hydrogens (tertiary/aromatic N) is 2. The third-order valence-electron chi connectivity index (χ3n) is 5.26. The monoisotopic (exact) mass is 416 g/mol. The standard InChI is InChI=1S/C25H24N2O4/c1-17(27-16-19-10-8-9-18(15-26)24(19)28)25(29,20-11-4-6-13-22(20)30-2)21-12-5-7-14-23(21)31-3/h4-14,16-17,28-29H,1-3H3/t17-/m1/s1. The largest absolute Gasteiger partial charge is 0.506 e. The van der Waals surface area contributed by atoms with Gasteiger partial charge < -0.3 is 19.7 Å². The number of hydrogen-bond acceptors (Lipinski definition) is 6. The molecule has 0 radical (unpaired) electrons. The Bertz CT molecular complexity index is 1090. The molecule has 0 saturated carbocycles. The smallest absolute Gasteiger partial charge is 0.144 e. The van der Waals surface area contributed by atoms with Gasteiger partial charge in [0.2, 0.25) is 0 Å². The predicted molar refractivity (Wildman–Crippen MR) is 119 cm³/mol. The number of aliphatic imine (C=N–C) groups is 1. The average molecular weight is 416 g/mol. The van der Waals surface area contributed by atoms with Crippen LogP contribution in [0.4, 0.5) is 0 Å². The maximum absolute atomic E-state index is 12.1. The highest BCUT2D eigenvalue weighted by Crippen LogP contribution is 2.43. The van der Waals surface area contributed by atoms with Gasteiger partial charge in [0.15, 0.2) is 0 Å². The van der Waals surface area contributed by atoms with E-state index in [4.69, 9.17) is 14.7 Å². The molecule has 0 saturated heterocycles. The van der Waals surface area contributed by atoms with E-state index >= 15 is 0 Å². The summed E-state index contributed by atoms with van der Waals surface area (Å²) in [6.45, 7) is 1.76. The zero-order valence-electron chi connectivity index (χ0n) is 17.6. The molecule has 3 aromatic carbocycles. The molecule has 0 aliphatic heterocycles. The number of methoxy groups -OCH3 is 2. The second kappa shape index (κ2) is 9.33. The third-order valence-corrected chi connectivity index (χ3v) is 5.26. The molecule has 0 bridgehead atoms. The predicted octanol–water partition coefficient (Wildman–Crippen LogP) is 4.02. The minimum atomic E-state index is -1.60. The fourth-order valence-corrected chi connectivity index (χ4v) is 3.57. The van der Waals surface area contributed by atoms with Crippen LogP contribution in [-0.2, 0) is 5.60 Å². The molecular weight excluding hydrogens is 392 g/mol. The molecule has 6 nitrogen and oxygen atoms in total. The molecule has 0 amide bonds. The van der Waals surface area contributed by atoms with Crippen LogP contribution in [0, 0.1) is 11.3 Å². The van der Waals surface area contributed by atoms with E-state index in [0.717, 1.165) is 0 Å². The Morgan fingerprint density at radius 2 is 1.48 bits per heavy atom. The van der Waals surface area contributed by atoms with Gasteiger partial charge in [-0.15, -0.1) is 0 Å². The van der Waals surface area contributed by atoms with Crippen molar-refractivity contribution in [2.75, 3.05) is 14.2 Å². The van der Waals surface area contributed by atoms with Gasteiger partial charge in [-0.25, -0.2) is 0 Å². The van der Waals surface area contributed by atoms with Crippen molar-refractivity contribution >= 4 is 6.21 Å². The van der Waals surface area contributed by atoms with E-state index in [1.54, 1.807) is 57.5 Å². The molecule has 6 heteroatoms. The molecule has 0 fully saturated rings. The fourth-order valence-electron chi connectivity index (χ4n) is 3.57. The number of aliphatic hydroxyl groups is 1. The van der Waals surface area contributed by atoms with Crippen LogP contribution in [0.1, 0.15) is 29.2 Å². The second-order valence-electron chi connectivity index (χ2n) is 6.98. The Morgan fingerprint density at radius 3 is 2.00 bits per heavy atom. The summed E-state index contributed by atoms with van der Waals surface area (Å²) < 4.78 is 11.0. The number of aromatic hydroxyl groups is 1. The second-order valence-corrected chi connectivity index (χ2v) is 6.98. The molecule has 0 spiro atoms. The first-order valence-electron chi connectivity index (χ1n) is 9.72. The van der Waals surface area contributed by atoms with Gasteiger partial charge in [-0.05, 0) is 31.2 Å². The normalized spacial score (nSPS) is 12.4. The number of rotatable bonds is 7. The van der Waals surface area contributed by atoms with Gasteiger partial charge in [-0.3, -0.25) is 4.99 Å². The first kappa shape index (κ1) is 21.9. The van der Waals surface area contributed by atoms with E-state index in [9.17, 15) is 10.2 Å². The lowest BCUT2D eigenvalue weighted by Gasteiger charge is -2.35. The number of para-hydroxylation sites is 3. The van der Waals surface area contributed by atoms with E-state index in [1.807, 2.05) is 30.3 Å². The summed E-state index contributed by atoms with van der Waals surface area (Å²) in [5.74, 6) is 0.860. The zero-order chi connectivity index (χ0) is 22.4. The van der Waals surface area contributed by atoms with E-state index in [-0.39, 0.29) is 11.3 Å². The van der Waals surface area contributed by atoms with Crippen molar-refractivity contribution in [2.24, 2.45) is 4.99 Å².